The average Bonchev–Trinajstić information content (AvgIpc) is 3.11. The molecular weight excluding hydrogens is 374 g/mol. The van der Waals surface area contributed by atoms with E-state index in [4.69, 9.17) is 9.40 Å². The standard InChI is InChI=1S/C20H17N5O2S/c1-11-16(27-10-23-11)19(26)25-8-20(6-7-20)17-14(21-9-22-17)15(25)18-24-12-4-2-3-5-13(12)28-18/h2-5,9-10,15H,6-8H2,1H3,(H,21,22)/t15-/m0/s1. The number of H-pyrrole nitrogens is 1. The number of carbonyl (C=O) groups excluding carboxylic acids is 1. The molecule has 1 spiro atoms. The number of nitrogens with one attached hydrogen (secondary N) is 1. The molecule has 4 heterocycles. The van der Waals surface area contributed by atoms with Crippen LogP contribution in [0.1, 0.15) is 51.5 Å². The molecule has 7 nitrogen and oxygen atoms in total. The molecule has 6 rings (SSSR count). The molecule has 1 aliphatic carbocycles. The van der Waals surface area contributed by atoms with Gasteiger partial charge >= 0.3 is 0 Å². The van der Waals surface area contributed by atoms with Crippen molar-refractivity contribution in [3.63, 3.8) is 0 Å². The molecule has 2 aliphatic rings. The lowest BCUT2D eigenvalue weighted by molar-refractivity contribution is 0.0625. The summed E-state index contributed by atoms with van der Waals surface area (Å²) in [6.45, 7) is 2.41. The SMILES string of the molecule is Cc1ncoc1C(=O)N1CC2(CC2)c2nc[nH]c2[C@H]1c1nc2ccccc2s1. The maximum absolute atomic E-state index is 13.5. The summed E-state index contributed by atoms with van der Waals surface area (Å²) in [6.07, 6.45) is 5.14. The fraction of sp³-hybridized carbons (Fsp3) is 0.300. The summed E-state index contributed by atoms with van der Waals surface area (Å²) < 4.78 is 6.54. The molecular formula is C20H17N5O2S. The van der Waals surface area contributed by atoms with Crippen molar-refractivity contribution in [2.75, 3.05) is 6.54 Å². The monoisotopic (exact) mass is 391 g/mol. The highest BCUT2D eigenvalue weighted by Gasteiger charge is 2.55. The minimum absolute atomic E-state index is 0.0495. The number of amides is 1. The molecule has 8 heteroatoms. The van der Waals surface area contributed by atoms with Crippen molar-refractivity contribution in [1.82, 2.24) is 24.8 Å². The first-order valence-electron chi connectivity index (χ1n) is 9.27. The number of fused-ring (bicyclic) bond motifs is 3. The zero-order chi connectivity index (χ0) is 18.9. The Morgan fingerprint density at radius 2 is 2.18 bits per heavy atom. The van der Waals surface area contributed by atoms with Crippen molar-refractivity contribution in [3.05, 3.63) is 64.8 Å². The summed E-state index contributed by atoms with van der Waals surface area (Å²) >= 11 is 1.61. The van der Waals surface area contributed by atoms with Crippen LogP contribution in [0.3, 0.4) is 0 Å². The summed E-state index contributed by atoms with van der Waals surface area (Å²) in [4.78, 5) is 32.2. The zero-order valence-corrected chi connectivity index (χ0v) is 16.0. The van der Waals surface area contributed by atoms with Gasteiger partial charge in [-0.15, -0.1) is 11.3 Å². The highest BCUT2D eigenvalue weighted by atomic mass is 32.1. The van der Waals surface area contributed by atoms with Crippen LogP contribution in [0.5, 0.6) is 0 Å². The van der Waals surface area contributed by atoms with Gasteiger partial charge in [-0.3, -0.25) is 4.79 Å². The maximum Gasteiger partial charge on any atom is 0.292 e. The molecule has 1 atom stereocenters. The van der Waals surface area contributed by atoms with Crippen LogP contribution in [0.4, 0.5) is 0 Å². The van der Waals surface area contributed by atoms with Crippen LogP contribution in [-0.4, -0.2) is 37.3 Å². The fourth-order valence-electron chi connectivity index (χ4n) is 4.22. The van der Waals surface area contributed by atoms with Gasteiger partial charge in [0.05, 0.1) is 33.6 Å². The Morgan fingerprint density at radius 3 is 2.93 bits per heavy atom. The Hall–Kier alpha value is -3.00. The van der Waals surface area contributed by atoms with Crippen molar-refractivity contribution in [3.8, 4) is 0 Å². The predicted octanol–water partition coefficient (Wildman–Crippen LogP) is 3.59. The van der Waals surface area contributed by atoms with Gasteiger partial charge in [-0.1, -0.05) is 12.1 Å². The third-order valence-electron chi connectivity index (χ3n) is 5.83. The minimum Gasteiger partial charge on any atom is -0.438 e. The number of benzene rings is 1. The summed E-state index contributed by atoms with van der Waals surface area (Å²) in [7, 11) is 0. The fourth-order valence-corrected chi connectivity index (χ4v) is 5.31. The van der Waals surface area contributed by atoms with Crippen LogP contribution < -0.4 is 0 Å². The second kappa shape index (κ2) is 5.51. The molecule has 0 saturated heterocycles. The van der Waals surface area contributed by atoms with Crippen LogP contribution >= 0.6 is 11.3 Å². The Labute approximate surface area is 164 Å². The Bertz CT molecular complexity index is 1190. The molecule has 1 N–H and O–H groups in total. The van der Waals surface area contributed by atoms with Gasteiger partial charge in [-0.2, -0.15) is 0 Å². The molecule has 1 aliphatic heterocycles. The number of aromatic amines is 1. The van der Waals surface area contributed by atoms with Crippen LogP contribution in [0.2, 0.25) is 0 Å². The normalized spacial score (nSPS) is 19.9. The van der Waals surface area contributed by atoms with Gasteiger partial charge in [-0.25, -0.2) is 15.0 Å². The topological polar surface area (TPSA) is 87.9 Å². The van der Waals surface area contributed by atoms with E-state index in [0.717, 1.165) is 39.5 Å². The van der Waals surface area contributed by atoms with Gasteiger partial charge < -0.3 is 14.3 Å². The molecule has 140 valence electrons. The van der Waals surface area contributed by atoms with Gasteiger partial charge in [0.2, 0.25) is 5.76 Å². The Kier molecular flexibility index (Phi) is 3.15. The van der Waals surface area contributed by atoms with Crippen molar-refractivity contribution in [1.29, 1.82) is 0 Å². The Morgan fingerprint density at radius 1 is 1.32 bits per heavy atom. The van der Waals surface area contributed by atoms with Crippen molar-refractivity contribution >= 4 is 27.5 Å². The molecule has 0 unspecified atom stereocenters. The second-order valence-corrected chi connectivity index (χ2v) is 8.63. The molecule has 1 saturated carbocycles. The highest BCUT2D eigenvalue weighted by molar-refractivity contribution is 7.18. The van der Waals surface area contributed by atoms with Crippen LogP contribution in [0.25, 0.3) is 10.2 Å². The summed E-state index contributed by atoms with van der Waals surface area (Å²) in [5.74, 6) is 0.149. The first-order chi connectivity index (χ1) is 13.7. The van der Waals surface area contributed by atoms with Crippen molar-refractivity contribution in [2.24, 2.45) is 0 Å². The van der Waals surface area contributed by atoms with Gasteiger partial charge in [0, 0.05) is 12.0 Å². The number of hydrogen-bond donors (Lipinski definition) is 1. The number of hydrogen-bond acceptors (Lipinski definition) is 6. The first-order valence-corrected chi connectivity index (χ1v) is 10.1. The molecule has 3 aromatic heterocycles. The van der Waals surface area contributed by atoms with Gasteiger partial charge in [0.15, 0.2) is 6.39 Å². The van der Waals surface area contributed by atoms with E-state index < -0.39 is 0 Å². The van der Waals surface area contributed by atoms with Crippen LogP contribution in [-0.2, 0) is 5.41 Å². The third kappa shape index (κ3) is 2.15. The number of thiazole rings is 1. The quantitative estimate of drug-likeness (QED) is 0.564. The van der Waals surface area contributed by atoms with Gasteiger partial charge in [-0.05, 0) is 31.9 Å². The molecule has 0 bridgehead atoms. The van der Waals surface area contributed by atoms with E-state index in [9.17, 15) is 4.79 Å². The number of nitrogens with zero attached hydrogens (tertiary/aromatic N) is 4. The number of carbonyl (C=O) groups is 1. The molecule has 0 radical (unpaired) electrons. The number of aryl methyl sites for hydroxylation is 1. The number of para-hydroxylation sites is 1. The van der Waals surface area contributed by atoms with Gasteiger partial charge in [0.25, 0.3) is 5.91 Å². The lowest BCUT2D eigenvalue weighted by Gasteiger charge is -2.37. The molecule has 28 heavy (non-hydrogen) atoms. The maximum atomic E-state index is 13.5. The largest absolute Gasteiger partial charge is 0.438 e. The van der Waals surface area contributed by atoms with E-state index in [1.54, 1.807) is 24.6 Å². The third-order valence-corrected chi connectivity index (χ3v) is 6.92. The van der Waals surface area contributed by atoms with Gasteiger partial charge in [0.1, 0.15) is 11.0 Å². The smallest absolute Gasteiger partial charge is 0.292 e. The lowest BCUT2D eigenvalue weighted by Crippen LogP contribution is -2.45. The number of imidazole rings is 1. The molecule has 1 amide bonds. The van der Waals surface area contributed by atoms with Crippen molar-refractivity contribution in [2.45, 2.75) is 31.2 Å². The minimum atomic E-state index is -0.307. The Balaban J connectivity index is 1.54. The average molecular weight is 391 g/mol. The van der Waals surface area contributed by atoms with Crippen LogP contribution in [0.15, 0.2) is 41.4 Å². The summed E-state index contributed by atoms with van der Waals surface area (Å²) in [5.41, 5.74) is 3.54. The van der Waals surface area contributed by atoms with E-state index >= 15 is 0 Å². The summed E-state index contributed by atoms with van der Waals surface area (Å²) in [5, 5.41) is 0.882. The van der Waals surface area contributed by atoms with E-state index in [-0.39, 0.29) is 17.4 Å². The second-order valence-electron chi connectivity index (χ2n) is 7.57. The first kappa shape index (κ1) is 16.0. The molecule has 4 aromatic rings. The number of aromatic nitrogens is 4. The van der Waals surface area contributed by atoms with E-state index in [2.05, 4.69) is 21.0 Å². The summed E-state index contributed by atoms with van der Waals surface area (Å²) in [6, 6.07) is 7.74. The van der Waals surface area contributed by atoms with E-state index in [0.29, 0.717) is 18.0 Å². The lowest BCUT2D eigenvalue weighted by atomic mass is 9.90. The highest BCUT2D eigenvalue weighted by Crippen LogP contribution is 2.55. The zero-order valence-electron chi connectivity index (χ0n) is 15.2. The van der Waals surface area contributed by atoms with E-state index in [1.165, 1.54) is 6.39 Å². The molecule has 1 aromatic carbocycles. The van der Waals surface area contributed by atoms with E-state index in [1.807, 2.05) is 23.1 Å². The predicted molar refractivity (Wildman–Crippen MR) is 103 cm³/mol. The molecule has 1 fully saturated rings. The van der Waals surface area contributed by atoms with Crippen molar-refractivity contribution < 1.29 is 9.21 Å². The number of rotatable bonds is 2. The number of oxazole rings is 1. The van der Waals surface area contributed by atoms with Crippen LogP contribution in [0, 0.1) is 6.92 Å².